The minimum Gasteiger partial charge on any atom is -0.317 e. The van der Waals surface area contributed by atoms with Crippen molar-refractivity contribution < 1.29 is 0 Å². The van der Waals surface area contributed by atoms with Gasteiger partial charge in [0.05, 0.1) is 0 Å². The van der Waals surface area contributed by atoms with Gasteiger partial charge in [-0.2, -0.15) is 0 Å². The molecule has 16 heavy (non-hydrogen) atoms. The molecule has 0 bridgehead atoms. The van der Waals surface area contributed by atoms with E-state index in [4.69, 9.17) is 0 Å². The van der Waals surface area contributed by atoms with Crippen molar-refractivity contribution in [3.05, 3.63) is 0 Å². The summed E-state index contributed by atoms with van der Waals surface area (Å²) < 4.78 is 0. The first-order valence-corrected chi connectivity index (χ1v) is 7.08. The van der Waals surface area contributed by atoms with Crippen LogP contribution in [0, 0.1) is 17.8 Å². The number of nitrogens with zero attached hydrogens (tertiary/aromatic N) is 1. The van der Waals surface area contributed by atoms with E-state index in [-0.39, 0.29) is 0 Å². The molecule has 1 saturated heterocycles. The van der Waals surface area contributed by atoms with Gasteiger partial charge in [-0.3, -0.25) is 0 Å². The quantitative estimate of drug-likeness (QED) is 0.791. The van der Waals surface area contributed by atoms with E-state index in [9.17, 15) is 0 Å². The predicted octanol–water partition coefficient (Wildman–Crippen LogP) is 2.35. The third-order valence-corrected chi connectivity index (χ3v) is 4.62. The van der Waals surface area contributed by atoms with Crippen LogP contribution in [0.5, 0.6) is 0 Å². The first kappa shape index (κ1) is 12.4. The molecule has 2 heteroatoms. The standard InChI is InChI=1S/C14H28N2/c1-11-4-5-14(15-3)13(8-11)10-16-7-6-12(2)9-16/h11-15H,4-10H2,1-3H3. The van der Waals surface area contributed by atoms with Crippen LogP contribution in [0.2, 0.25) is 0 Å². The van der Waals surface area contributed by atoms with Crippen molar-refractivity contribution in [2.45, 2.75) is 45.6 Å². The molecule has 2 aliphatic rings. The van der Waals surface area contributed by atoms with Gasteiger partial charge in [-0.1, -0.05) is 13.8 Å². The molecule has 1 heterocycles. The van der Waals surface area contributed by atoms with Gasteiger partial charge in [-0.05, 0) is 57.0 Å². The molecule has 1 N–H and O–H groups in total. The van der Waals surface area contributed by atoms with Crippen LogP contribution in [0.4, 0.5) is 0 Å². The topological polar surface area (TPSA) is 15.3 Å². The van der Waals surface area contributed by atoms with E-state index in [2.05, 4.69) is 31.1 Å². The summed E-state index contributed by atoms with van der Waals surface area (Å²) in [4.78, 5) is 2.69. The number of likely N-dealkylation sites (tertiary alicyclic amines) is 1. The molecule has 1 aliphatic carbocycles. The van der Waals surface area contributed by atoms with Gasteiger partial charge in [0, 0.05) is 19.1 Å². The fourth-order valence-electron chi connectivity index (χ4n) is 3.60. The summed E-state index contributed by atoms with van der Waals surface area (Å²) in [5.74, 6) is 2.75. The lowest BCUT2D eigenvalue weighted by molar-refractivity contribution is 0.163. The largest absolute Gasteiger partial charge is 0.317 e. The molecule has 1 saturated carbocycles. The zero-order valence-electron chi connectivity index (χ0n) is 11.2. The average molecular weight is 224 g/mol. The van der Waals surface area contributed by atoms with E-state index in [1.807, 2.05) is 0 Å². The SMILES string of the molecule is CNC1CCC(C)CC1CN1CCC(C)C1. The van der Waals surface area contributed by atoms with Crippen molar-refractivity contribution in [2.75, 3.05) is 26.7 Å². The van der Waals surface area contributed by atoms with Gasteiger partial charge in [0.1, 0.15) is 0 Å². The van der Waals surface area contributed by atoms with Gasteiger partial charge in [-0.15, -0.1) is 0 Å². The maximum Gasteiger partial charge on any atom is 0.0105 e. The first-order chi connectivity index (χ1) is 7.69. The Balaban J connectivity index is 1.85. The Kier molecular flexibility index (Phi) is 4.26. The molecule has 4 atom stereocenters. The molecule has 2 rings (SSSR count). The number of hydrogen-bond acceptors (Lipinski definition) is 2. The molecule has 0 spiro atoms. The first-order valence-electron chi connectivity index (χ1n) is 7.08. The Morgan fingerprint density at radius 2 is 1.94 bits per heavy atom. The summed E-state index contributed by atoms with van der Waals surface area (Å²) in [5, 5.41) is 3.53. The smallest absolute Gasteiger partial charge is 0.0105 e. The molecule has 0 amide bonds. The molecule has 2 fully saturated rings. The Hall–Kier alpha value is -0.0800. The minimum atomic E-state index is 0.770. The lowest BCUT2D eigenvalue weighted by atomic mass is 9.78. The van der Waals surface area contributed by atoms with Gasteiger partial charge >= 0.3 is 0 Å². The average Bonchev–Trinajstić information content (AvgIpc) is 2.64. The normalized spacial score (nSPS) is 41.4. The van der Waals surface area contributed by atoms with Gasteiger partial charge in [0.15, 0.2) is 0 Å². The highest BCUT2D eigenvalue weighted by Gasteiger charge is 2.30. The van der Waals surface area contributed by atoms with Crippen molar-refractivity contribution in [3.63, 3.8) is 0 Å². The second kappa shape index (κ2) is 5.50. The van der Waals surface area contributed by atoms with Gasteiger partial charge in [0.25, 0.3) is 0 Å². The third-order valence-electron chi connectivity index (χ3n) is 4.62. The highest BCUT2D eigenvalue weighted by atomic mass is 15.1. The summed E-state index contributed by atoms with van der Waals surface area (Å²) in [5.41, 5.74) is 0. The lowest BCUT2D eigenvalue weighted by Crippen LogP contribution is -2.43. The third kappa shape index (κ3) is 2.98. The van der Waals surface area contributed by atoms with Crippen LogP contribution in [0.25, 0.3) is 0 Å². The summed E-state index contributed by atoms with van der Waals surface area (Å²) in [6, 6.07) is 0.770. The molecule has 0 radical (unpaired) electrons. The van der Waals surface area contributed by atoms with Crippen molar-refractivity contribution in [3.8, 4) is 0 Å². The Labute approximate surface area is 101 Å². The van der Waals surface area contributed by atoms with Crippen molar-refractivity contribution >= 4 is 0 Å². The second-order valence-corrected chi connectivity index (χ2v) is 6.23. The Morgan fingerprint density at radius 1 is 1.12 bits per heavy atom. The molecular weight excluding hydrogens is 196 g/mol. The van der Waals surface area contributed by atoms with E-state index >= 15 is 0 Å². The van der Waals surface area contributed by atoms with Crippen molar-refractivity contribution in [2.24, 2.45) is 17.8 Å². The molecule has 0 aromatic carbocycles. The highest BCUT2D eigenvalue weighted by Crippen LogP contribution is 2.30. The zero-order chi connectivity index (χ0) is 11.5. The Morgan fingerprint density at radius 3 is 2.56 bits per heavy atom. The second-order valence-electron chi connectivity index (χ2n) is 6.23. The van der Waals surface area contributed by atoms with Crippen LogP contribution in [0.1, 0.15) is 39.5 Å². The van der Waals surface area contributed by atoms with E-state index in [1.54, 1.807) is 0 Å². The molecule has 0 aromatic heterocycles. The molecule has 2 nitrogen and oxygen atoms in total. The highest BCUT2D eigenvalue weighted by molar-refractivity contribution is 4.86. The van der Waals surface area contributed by atoms with Gasteiger partial charge in [0.2, 0.25) is 0 Å². The van der Waals surface area contributed by atoms with Crippen LogP contribution in [-0.4, -0.2) is 37.6 Å². The molecular formula is C14H28N2. The summed E-state index contributed by atoms with van der Waals surface area (Å²) in [6.45, 7) is 8.81. The van der Waals surface area contributed by atoms with E-state index < -0.39 is 0 Å². The number of nitrogens with one attached hydrogen (secondary N) is 1. The van der Waals surface area contributed by atoms with Crippen LogP contribution in [0.15, 0.2) is 0 Å². The summed E-state index contributed by atoms with van der Waals surface area (Å²) in [6.07, 6.45) is 5.63. The van der Waals surface area contributed by atoms with Crippen LogP contribution in [-0.2, 0) is 0 Å². The van der Waals surface area contributed by atoms with Crippen LogP contribution >= 0.6 is 0 Å². The van der Waals surface area contributed by atoms with Crippen molar-refractivity contribution in [1.29, 1.82) is 0 Å². The molecule has 0 aromatic rings. The monoisotopic (exact) mass is 224 g/mol. The fourth-order valence-corrected chi connectivity index (χ4v) is 3.60. The fraction of sp³-hybridized carbons (Fsp3) is 1.00. The zero-order valence-corrected chi connectivity index (χ0v) is 11.2. The summed E-state index contributed by atoms with van der Waals surface area (Å²) in [7, 11) is 2.14. The maximum atomic E-state index is 3.53. The summed E-state index contributed by atoms with van der Waals surface area (Å²) >= 11 is 0. The molecule has 4 unspecified atom stereocenters. The van der Waals surface area contributed by atoms with E-state index in [0.29, 0.717) is 0 Å². The van der Waals surface area contributed by atoms with Crippen molar-refractivity contribution in [1.82, 2.24) is 10.2 Å². The maximum absolute atomic E-state index is 3.53. The van der Waals surface area contributed by atoms with Crippen LogP contribution in [0.3, 0.4) is 0 Å². The number of rotatable bonds is 3. The van der Waals surface area contributed by atoms with Gasteiger partial charge < -0.3 is 10.2 Å². The predicted molar refractivity (Wildman–Crippen MR) is 69.6 cm³/mol. The van der Waals surface area contributed by atoms with Crippen LogP contribution < -0.4 is 5.32 Å². The lowest BCUT2D eigenvalue weighted by Gasteiger charge is -2.37. The van der Waals surface area contributed by atoms with Gasteiger partial charge in [-0.25, -0.2) is 0 Å². The van der Waals surface area contributed by atoms with E-state index in [0.717, 1.165) is 23.8 Å². The van der Waals surface area contributed by atoms with E-state index in [1.165, 1.54) is 45.3 Å². The number of hydrogen-bond donors (Lipinski definition) is 1. The molecule has 94 valence electrons. The molecule has 1 aliphatic heterocycles. The Bertz CT molecular complexity index is 217. The minimum absolute atomic E-state index is 0.770.